The van der Waals surface area contributed by atoms with E-state index >= 15 is 0 Å². The van der Waals surface area contributed by atoms with E-state index in [1.54, 1.807) is 0 Å². The highest BCUT2D eigenvalue weighted by molar-refractivity contribution is 5.03. The molecule has 1 aliphatic rings. The third-order valence-corrected chi connectivity index (χ3v) is 4.13. The molecule has 1 saturated carbocycles. The Morgan fingerprint density at radius 3 is 2.72 bits per heavy atom. The molecule has 0 spiro atoms. The monoisotopic (exact) mass is 250 g/mol. The van der Waals surface area contributed by atoms with E-state index in [-0.39, 0.29) is 0 Å². The standard InChI is InChI=1S/C14H26N4/c1-17(9-12-8-16-18(2)10-12)11-14-6-4-3-5-13(14)7-15/h8,10,13-14H,3-7,9,11,15H2,1-2H3. The van der Waals surface area contributed by atoms with Crippen LogP contribution >= 0.6 is 0 Å². The van der Waals surface area contributed by atoms with E-state index in [9.17, 15) is 0 Å². The largest absolute Gasteiger partial charge is 0.330 e. The fourth-order valence-electron chi connectivity index (χ4n) is 3.17. The summed E-state index contributed by atoms with van der Waals surface area (Å²) in [5, 5.41) is 4.22. The van der Waals surface area contributed by atoms with Crippen molar-refractivity contribution in [1.29, 1.82) is 0 Å². The fourth-order valence-corrected chi connectivity index (χ4v) is 3.17. The number of aromatic nitrogens is 2. The second-order valence-corrected chi connectivity index (χ2v) is 5.76. The number of nitrogens with two attached hydrogens (primary N) is 1. The quantitative estimate of drug-likeness (QED) is 0.864. The van der Waals surface area contributed by atoms with Gasteiger partial charge >= 0.3 is 0 Å². The molecule has 102 valence electrons. The van der Waals surface area contributed by atoms with Gasteiger partial charge in [-0.15, -0.1) is 0 Å². The molecule has 1 fully saturated rings. The first-order chi connectivity index (χ1) is 8.69. The molecule has 1 aliphatic carbocycles. The molecular formula is C14H26N4. The van der Waals surface area contributed by atoms with E-state index < -0.39 is 0 Å². The van der Waals surface area contributed by atoms with Crippen LogP contribution in [0, 0.1) is 11.8 Å². The van der Waals surface area contributed by atoms with Crippen LogP contribution in [0.3, 0.4) is 0 Å². The van der Waals surface area contributed by atoms with E-state index in [0.29, 0.717) is 0 Å². The fraction of sp³-hybridized carbons (Fsp3) is 0.786. The lowest BCUT2D eigenvalue weighted by molar-refractivity contribution is 0.170. The molecule has 2 rings (SSSR count). The number of aryl methyl sites for hydroxylation is 1. The lowest BCUT2D eigenvalue weighted by Crippen LogP contribution is -2.35. The first-order valence-electron chi connectivity index (χ1n) is 7.05. The molecule has 2 atom stereocenters. The van der Waals surface area contributed by atoms with Gasteiger partial charge in [-0.25, -0.2) is 0 Å². The number of rotatable bonds is 5. The third kappa shape index (κ3) is 3.56. The Morgan fingerprint density at radius 2 is 2.11 bits per heavy atom. The summed E-state index contributed by atoms with van der Waals surface area (Å²) in [6, 6.07) is 0. The van der Waals surface area contributed by atoms with Crippen LogP contribution in [-0.4, -0.2) is 34.8 Å². The lowest BCUT2D eigenvalue weighted by atomic mass is 9.79. The SMILES string of the molecule is CN(Cc1cnn(C)c1)CC1CCCCC1CN. The average Bonchev–Trinajstić information content (AvgIpc) is 2.75. The molecule has 1 heterocycles. The van der Waals surface area contributed by atoms with E-state index in [2.05, 4.69) is 23.2 Å². The van der Waals surface area contributed by atoms with Gasteiger partial charge in [0, 0.05) is 31.9 Å². The van der Waals surface area contributed by atoms with Crippen molar-refractivity contribution >= 4 is 0 Å². The summed E-state index contributed by atoms with van der Waals surface area (Å²) < 4.78 is 1.87. The molecule has 1 aromatic rings. The van der Waals surface area contributed by atoms with Crippen molar-refractivity contribution in [1.82, 2.24) is 14.7 Å². The molecule has 1 aromatic heterocycles. The highest BCUT2D eigenvalue weighted by Gasteiger charge is 2.24. The Hall–Kier alpha value is -0.870. The third-order valence-electron chi connectivity index (χ3n) is 4.13. The second-order valence-electron chi connectivity index (χ2n) is 5.76. The molecule has 2 N–H and O–H groups in total. The van der Waals surface area contributed by atoms with Crippen LogP contribution in [0.15, 0.2) is 12.4 Å². The summed E-state index contributed by atoms with van der Waals surface area (Å²) in [5.41, 5.74) is 7.19. The maximum absolute atomic E-state index is 5.89. The van der Waals surface area contributed by atoms with E-state index in [1.165, 1.54) is 31.2 Å². The van der Waals surface area contributed by atoms with Crippen LogP contribution in [0.5, 0.6) is 0 Å². The lowest BCUT2D eigenvalue weighted by Gasteiger charge is -2.33. The maximum Gasteiger partial charge on any atom is 0.0534 e. The van der Waals surface area contributed by atoms with Crippen molar-refractivity contribution < 1.29 is 0 Å². The van der Waals surface area contributed by atoms with Crippen LogP contribution in [0.2, 0.25) is 0 Å². The van der Waals surface area contributed by atoms with Gasteiger partial charge in [0.15, 0.2) is 0 Å². The van der Waals surface area contributed by atoms with Crippen molar-refractivity contribution in [3.8, 4) is 0 Å². The summed E-state index contributed by atoms with van der Waals surface area (Å²) in [5.74, 6) is 1.51. The minimum atomic E-state index is 0.732. The van der Waals surface area contributed by atoms with Crippen LogP contribution < -0.4 is 5.73 Å². The molecule has 0 aromatic carbocycles. The summed E-state index contributed by atoms with van der Waals surface area (Å²) >= 11 is 0. The van der Waals surface area contributed by atoms with E-state index in [1.807, 2.05) is 17.9 Å². The number of nitrogens with zero attached hydrogens (tertiary/aromatic N) is 3. The van der Waals surface area contributed by atoms with Crippen LogP contribution in [0.4, 0.5) is 0 Å². The Labute approximate surface area is 110 Å². The van der Waals surface area contributed by atoms with Gasteiger partial charge in [0.25, 0.3) is 0 Å². The van der Waals surface area contributed by atoms with Gasteiger partial charge in [-0.05, 0) is 38.3 Å². The van der Waals surface area contributed by atoms with E-state index in [0.717, 1.165) is 31.5 Å². The molecule has 0 radical (unpaired) electrons. The topological polar surface area (TPSA) is 47.1 Å². The zero-order valence-electron chi connectivity index (χ0n) is 11.7. The minimum absolute atomic E-state index is 0.732. The molecule has 0 bridgehead atoms. The second kappa shape index (κ2) is 6.34. The summed E-state index contributed by atoms with van der Waals surface area (Å²) in [7, 11) is 4.17. The summed E-state index contributed by atoms with van der Waals surface area (Å²) in [6.07, 6.45) is 9.46. The highest BCUT2D eigenvalue weighted by Crippen LogP contribution is 2.29. The van der Waals surface area contributed by atoms with Crippen LogP contribution in [-0.2, 0) is 13.6 Å². The Morgan fingerprint density at radius 1 is 1.39 bits per heavy atom. The van der Waals surface area contributed by atoms with Crippen LogP contribution in [0.1, 0.15) is 31.2 Å². The predicted octanol–water partition coefficient (Wildman–Crippen LogP) is 1.62. The van der Waals surface area contributed by atoms with Crippen molar-refractivity contribution in [2.24, 2.45) is 24.6 Å². The highest BCUT2D eigenvalue weighted by atomic mass is 15.2. The summed E-state index contributed by atoms with van der Waals surface area (Å²) in [4.78, 5) is 2.41. The van der Waals surface area contributed by atoms with E-state index in [4.69, 9.17) is 5.73 Å². The number of hydrogen-bond acceptors (Lipinski definition) is 3. The van der Waals surface area contributed by atoms with Crippen molar-refractivity contribution in [3.05, 3.63) is 18.0 Å². The molecule has 2 unspecified atom stereocenters. The summed E-state index contributed by atoms with van der Waals surface area (Å²) in [6.45, 7) is 3.00. The molecular weight excluding hydrogens is 224 g/mol. The smallest absolute Gasteiger partial charge is 0.0534 e. The zero-order valence-corrected chi connectivity index (χ0v) is 11.7. The first kappa shape index (κ1) is 13.6. The van der Waals surface area contributed by atoms with Gasteiger partial charge in [-0.1, -0.05) is 12.8 Å². The molecule has 18 heavy (non-hydrogen) atoms. The van der Waals surface area contributed by atoms with Crippen molar-refractivity contribution in [3.63, 3.8) is 0 Å². The van der Waals surface area contributed by atoms with Gasteiger partial charge in [0.1, 0.15) is 0 Å². The molecule has 4 heteroatoms. The average molecular weight is 250 g/mol. The first-order valence-corrected chi connectivity index (χ1v) is 7.05. The Kier molecular flexibility index (Phi) is 4.78. The van der Waals surface area contributed by atoms with Gasteiger partial charge in [0.2, 0.25) is 0 Å². The zero-order chi connectivity index (χ0) is 13.0. The maximum atomic E-state index is 5.89. The van der Waals surface area contributed by atoms with Gasteiger partial charge in [-0.2, -0.15) is 5.10 Å². The molecule has 0 amide bonds. The normalized spacial score (nSPS) is 24.7. The molecule has 0 saturated heterocycles. The van der Waals surface area contributed by atoms with Crippen molar-refractivity contribution in [2.75, 3.05) is 20.1 Å². The minimum Gasteiger partial charge on any atom is -0.330 e. The van der Waals surface area contributed by atoms with Gasteiger partial charge in [0.05, 0.1) is 6.20 Å². The van der Waals surface area contributed by atoms with Gasteiger partial charge in [-0.3, -0.25) is 4.68 Å². The van der Waals surface area contributed by atoms with Gasteiger partial charge < -0.3 is 10.6 Å². The predicted molar refractivity (Wildman–Crippen MR) is 74.0 cm³/mol. The Balaban J connectivity index is 1.84. The number of hydrogen-bond donors (Lipinski definition) is 1. The molecule has 4 nitrogen and oxygen atoms in total. The Bertz CT molecular complexity index is 360. The molecule has 0 aliphatic heterocycles. The van der Waals surface area contributed by atoms with Crippen molar-refractivity contribution in [2.45, 2.75) is 32.2 Å². The van der Waals surface area contributed by atoms with Crippen LogP contribution in [0.25, 0.3) is 0 Å².